The molecule has 1 aromatic carbocycles. The van der Waals surface area contributed by atoms with E-state index in [2.05, 4.69) is 5.32 Å². The molecule has 2 rings (SSSR count). The zero-order chi connectivity index (χ0) is 14.8. The molecule has 3 N–H and O–H groups in total. The Labute approximate surface area is 117 Å². The minimum atomic E-state index is -3.30. The number of aliphatic hydroxyl groups is 1. The van der Waals surface area contributed by atoms with Crippen molar-refractivity contribution in [3.05, 3.63) is 29.3 Å². The maximum Gasteiger partial charge on any atom is 0.290 e. The van der Waals surface area contributed by atoms with Crippen LogP contribution in [0, 0.1) is 6.92 Å². The van der Waals surface area contributed by atoms with Crippen LogP contribution in [0.3, 0.4) is 0 Å². The lowest BCUT2D eigenvalue weighted by Gasteiger charge is -2.39. The molecule has 1 aliphatic heterocycles. The van der Waals surface area contributed by atoms with Gasteiger partial charge >= 0.3 is 0 Å². The van der Waals surface area contributed by atoms with Crippen LogP contribution in [0.5, 0.6) is 5.75 Å². The summed E-state index contributed by atoms with van der Waals surface area (Å²) < 4.78 is 28.3. The van der Waals surface area contributed by atoms with Crippen molar-refractivity contribution in [2.24, 2.45) is 0 Å². The molecule has 0 bridgehead atoms. The molecular weight excluding hydrogens is 266 g/mol. The number of hydrogen-bond acceptors (Lipinski definition) is 4. The Hall–Kier alpha value is -1.24. The molecule has 0 spiro atoms. The number of alkyl halides is 2. The molecule has 20 heavy (non-hydrogen) atoms. The molecular formula is C14H20F2N2O2. The number of aryl methyl sites for hydroxylation is 1. The van der Waals surface area contributed by atoms with Gasteiger partial charge in [0, 0.05) is 31.7 Å². The molecule has 0 radical (unpaired) electrons. The first-order valence-electron chi connectivity index (χ1n) is 6.68. The number of phenols is 1. The van der Waals surface area contributed by atoms with E-state index >= 15 is 0 Å². The third-order valence-corrected chi connectivity index (χ3v) is 3.61. The maximum absolute atomic E-state index is 14.1. The predicted molar refractivity (Wildman–Crippen MR) is 72.1 cm³/mol. The number of hydrogen-bond donors (Lipinski definition) is 3. The summed E-state index contributed by atoms with van der Waals surface area (Å²) in [6.07, 6.45) is 0. The Morgan fingerprint density at radius 3 is 2.55 bits per heavy atom. The number of halogens is 2. The number of aromatic hydroxyl groups is 1. The maximum atomic E-state index is 14.1. The molecule has 0 aliphatic carbocycles. The van der Waals surface area contributed by atoms with Crippen LogP contribution in [0.25, 0.3) is 0 Å². The quantitative estimate of drug-likeness (QED) is 0.780. The monoisotopic (exact) mass is 286 g/mol. The predicted octanol–water partition coefficient (Wildman–Crippen LogP) is 1.27. The summed E-state index contributed by atoms with van der Waals surface area (Å²) in [4.78, 5) is 1.61. The summed E-state index contributed by atoms with van der Waals surface area (Å²) in [6, 6.07) is 3.37. The highest BCUT2D eigenvalue weighted by Crippen LogP contribution is 2.40. The third kappa shape index (κ3) is 3.08. The second kappa shape index (κ2) is 6.03. The highest BCUT2D eigenvalue weighted by Gasteiger charge is 2.45. The van der Waals surface area contributed by atoms with Crippen molar-refractivity contribution in [3.8, 4) is 5.75 Å². The van der Waals surface area contributed by atoms with Gasteiger partial charge < -0.3 is 15.5 Å². The van der Waals surface area contributed by atoms with E-state index in [0.717, 1.165) is 5.56 Å². The summed E-state index contributed by atoms with van der Waals surface area (Å²) >= 11 is 0. The Kier molecular flexibility index (Phi) is 4.57. The number of benzene rings is 1. The van der Waals surface area contributed by atoms with Gasteiger partial charge in [-0.25, -0.2) is 8.78 Å². The van der Waals surface area contributed by atoms with Crippen LogP contribution in [0.1, 0.15) is 17.2 Å². The number of phenolic OH excluding ortho intramolecular Hbond substituents is 1. The van der Waals surface area contributed by atoms with Gasteiger partial charge in [0.1, 0.15) is 18.4 Å². The van der Waals surface area contributed by atoms with Crippen LogP contribution in [0.4, 0.5) is 8.78 Å². The topological polar surface area (TPSA) is 55.7 Å². The third-order valence-electron chi connectivity index (χ3n) is 3.61. The van der Waals surface area contributed by atoms with Gasteiger partial charge in [-0.05, 0) is 18.6 Å². The zero-order valence-electron chi connectivity index (χ0n) is 11.4. The second-order valence-electron chi connectivity index (χ2n) is 5.17. The molecule has 1 atom stereocenters. The molecule has 1 aromatic rings. The van der Waals surface area contributed by atoms with Crippen molar-refractivity contribution in [2.75, 3.05) is 32.8 Å². The van der Waals surface area contributed by atoms with E-state index in [1.54, 1.807) is 17.9 Å². The van der Waals surface area contributed by atoms with E-state index < -0.39 is 18.6 Å². The van der Waals surface area contributed by atoms with Gasteiger partial charge in [0.2, 0.25) is 0 Å². The average molecular weight is 286 g/mol. The summed E-state index contributed by atoms with van der Waals surface area (Å²) in [5.41, 5.74) is 0.967. The van der Waals surface area contributed by atoms with Gasteiger partial charge in [-0.2, -0.15) is 0 Å². The Morgan fingerprint density at radius 2 is 2.00 bits per heavy atom. The van der Waals surface area contributed by atoms with Gasteiger partial charge in [0.15, 0.2) is 0 Å². The van der Waals surface area contributed by atoms with Crippen LogP contribution in [-0.2, 0) is 0 Å². The lowest BCUT2D eigenvalue weighted by atomic mass is 9.96. The first kappa shape index (κ1) is 15.2. The normalized spacial score (nSPS) is 19.0. The molecule has 1 fully saturated rings. The fourth-order valence-electron chi connectivity index (χ4n) is 2.60. The second-order valence-corrected chi connectivity index (χ2v) is 5.17. The first-order valence-corrected chi connectivity index (χ1v) is 6.68. The average Bonchev–Trinajstić information content (AvgIpc) is 2.43. The largest absolute Gasteiger partial charge is 0.508 e. The summed E-state index contributed by atoms with van der Waals surface area (Å²) in [5.74, 6) is -3.45. The number of nitrogens with one attached hydrogen (secondary N) is 1. The standard InChI is InChI=1S/C14H20F2N2O2/c1-10-2-3-11(12(20)8-10)13(14(15,16)9-19)18-6-4-17-5-7-18/h2-3,8,13,17,19-20H,4-7,9H2,1H3/t13-/m0/s1. The molecule has 0 amide bonds. The van der Waals surface area contributed by atoms with Gasteiger partial charge in [0.05, 0.1) is 0 Å². The lowest BCUT2D eigenvalue weighted by Crippen LogP contribution is -2.51. The minimum absolute atomic E-state index is 0.151. The SMILES string of the molecule is Cc1ccc([C@H](N2CCNCC2)C(F)(F)CO)c(O)c1. The highest BCUT2D eigenvalue weighted by molar-refractivity contribution is 5.39. The molecule has 1 aliphatic rings. The van der Waals surface area contributed by atoms with E-state index in [-0.39, 0.29) is 11.3 Å². The molecule has 1 heterocycles. The van der Waals surface area contributed by atoms with E-state index in [0.29, 0.717) is 26.2 Å². The lowest BCUT2D eigenvalue weighted by molar-refractivity contribution is -0.119. The Morgan fingerprint density at radius 1 is 1.35 bits per heavy atom. The number of rotatable bonds is 4. The minimum Gasteiger partial charge on any atom is -0.508 e. The van der Waals surface area contributed by atoms with Crippen molar-refractivity contribution < 1.29 is 19.0 Å². The fraction of sp³-hybridized carbons (Fsp3) is 0.571. The molecule has 4 nitrogen and oxygen atoms in total. The highest BCUT2D eigenvalue weighted by atomic mass is 19.3. The zero-order valence-corrected chi connectivity index (χ0v) is 11.4. The molecule has 6 heteroatoms. The van der Waals surface area contributed by atoms with Crippen molar-refractivity contribution in [3.63, 3.8) is 0 Å². The molecule has 1 saturated heterocycles. The van der Waals surface area contributed by atoms with E-state index in [1.165, 1.54) is 12.1 Å². The molecule has 0 unspecified atom stereocenters. The van der Waals surface area contributed by atoms with Crippen molar-refractivity contribution in [2.45, 2.75) is 18.9 Å². The van der Waals surface area contributed by atoms with Gasteiger partial charge in [-0.3, -0.25) is 4.90 Å². The van der Waals surface area contributed by atoms with Gasteiger partial charge in [0.25, 0.3) is 5.92 Å². The van der Waals surface area contributed by atoms with Crippen molar-refractivity contribution in [1.82, 2.24) is 10.2 Å². The number of nitrogens with zero attached hydrogens (tertiary/aromatic N) is 1. The van der Waals surface area contributed by atoms with Crippen LogP contribution in [0.2, 0.25) is 0 Å². The summed E-state index contributed by atoms with van der Waals surface area (Å²) in [6.45, 7) is 2.68. The number of aliphatic hydroxyl groups excluding tert-OH is 1. The van der Waals surface area contributed by atoms with Crippen LogP contribution < -0.4 is 5.32 Å². The Balaban J connectivity index is 2.39. The smallest absolute Gasteiger partial charge is 0.290 e. The molecule has 0 saturated carbocycles. The van der Waals surface area contributed by atoms with Gasteiger partial charge in [-0.1, -0.05) is 12.1 Å². The van der Waals surface area contributed by atoms with E-state index in [4.69, 9.17) is 5.11 Å². The van der Waals surface area contributed by atoms with Crippen molar-refractivity contribution in [1.29, 1.82) is 0 Å². The fourth-order valence-corrected chi connectivity index (χ4v) is 2.60. The first-order chi connectivity index (χ1) is 9.45. The van der Waals surface area contributed by atoms with Gasteiger partial charge in [-0.15, -0.1) is 0 Å². The van der Waals surface area contributed by atoms with Crippen molar-refractivity contribution >= 4 is 0 Å². The van der Waals surface area contributed by atoms with Crippen LogP contribution in [0.15, 0.2) is 18.2 Å². The van der Waals surface area contributed by atoms with Crippen LogP contribution in [-0.4, -0.2) is 53.8 Å². The summed E-state index contributed by atoms with van der Waals surface area (Å²) in [5, 5.41) is 22.1. The molecule has 0 aromatic heterocycles. The van der Waals surface area contributed by atoms with E-state index in [9.17, 15) is 13.9 Å². The Bertz CT molecular complexity index is 462. The summed E-state index contributed by atoms with van der Waals surface area (Å²) in [7, 11) is 0. The van der Waals surface area contributed by atoms with Crippen LogP contribution >= 0.6 is 0 Å². The van der Waals surface area contributed by atoms with E-state index in [1.807, 2.05) is 0 Å². The number of piperazine rings is 1. The molecule has 112 valence electrons.